The number of unbranched alkanes of at least 4 members (excludes halogenated alkanes) is 27. The molecule has 7 atom stereocenters. The first-order chi connectivity index (χ1) is 31.3. The molecule has 0 radical (unpaired) electrons. The molecule has 1 aliphatic rings. The number of rotatable bonds is 43. The highest BCUT2D eigenvalue weighted by molar-refractivity contribution is 7.99. The fraction of sp³-hybridized carbons (Fsp3) is 0.891. The van der Waals surface area contributed by atoms with Crippen LogP contribution in [0.25, 0.3) is 0 Å². The lowest BCUT2D eigenvalue weighted by atomic mass is 10.0. The number of esters is 1. The minimum atomic E-state index is -5.32. The molecule has 0 amide bonds. The zero-order chi connectivity index (χ0) is 47.6. The summed E-state index contributed by atoms with van der Waals surface area (Å²) in [6.45, 7) is 3.03. The van der Waals surface area contributed by atoms with Crippen molar-refractivity contribution in [3.05, 3.63) is 22.7 Å². The van der Waals surface area contributed by atoms with E-state index < -0.39 is 71.2 Å². The second-order valence-electron chi connectivity index (χ2n) is 17.7. The lowest BCUT2D eigenvalue weighted by molar-refractivity contribution is -0.149. The van der Waals surface area contributed by atoms with Gasteiger partial charge in [0.1, 0.15) is 30.2 Å². The van der Waals surface area contributed by atoms with Crippen molar-refractivity contribution in [2.75, 3.05) is 30.5 Å². The molecule has 1 fully saturated rings. The van der Waals surface area contributed by atoms with Gasteiger partial charge in [0.25, 0.3) is 0 Å². The van der Waals surface area contributed by atoms with Crippen molar-refractivity contribution in [1.82, 2.24) is 9.55 Å². The number of phosphoric ester groups is 2. The molecule has 2 heterocycles. The Bertz CT molecular complexity index is 1530. The number of ether oxygens (including phenoxy) is 2. The smallest absolute Gasteiger partial charge is 0.459 e. The monoisotopic (exact) mass is 984 g/mol. The first-order valence-electron chi connectivity index (χ1n) is 25.1. The van der Waals surface area contributed by atoms with Gasteiger partial charge in [-0.3, -0.25) is 18.4 Å². The van der Waals surface area contributed by atoms with Crippen molar-refractivity contribution in [3.8, 4) is 0 Å². The van der Waals surface area contributed by atoms with Crippen LogP contribution < -0.4 is 11.4 Å². The average molecular weight is 984 g/mol. The van der Waals surface area contributed by atoms with E-state index in [0.29, 0.717) is 6.42 Å². The summed E-state index contributed by atoms with van der Waals surface area (Å²) in [5.41, 5.74) is 4.63. The maximum atomic E-state index is 12.9. The van der Waals surface area contributed by atoms with Gasteiger partial charge < -0.3 is 35.2 Å². The Morgan fingerprint density at radius 1 is 0.723 bits per heavy atom. The molecule has 2 rings (SSSR count). The predicted octanol–water partition coefficient (Wildman–Crippen LogP) is 11.1. The minimum absolute atomic E-state index is 0.0768. The third-order valence-corrected chi connectivity index (χ3v) is 15.5. The Kier molecular flexibility index (Phi) is 33.7. The van der Waals surface area contributed by atoms with E-state index in [1.165, 1.54) is 165 Å². The SMILES string of the molecule is CCCCCCCCCCCCCCCCCCSCC(COP(=O)(O)OP(=O)(O)OC[C@H]1O[C@@H](n2ccc(N)nc2=O)[C@H](O)[C@@H]1O)OC(=O)CCCCCCCCCCCCCCC. The van der Waals surface area contributed by atoms with Crippen LogP contribution in [-0.4, -0.2) is 84.7 Å². The fourth-order valence-corrected chi connectivity index (χ4v) is 11.0. The second-order valence-corrected chi connectivity index (χ2v) is 21.9. The van der Waals surface area contributed by atoms with Gasteiger partial charge in [0.2, 0.25) is 0 Å². The average Bonchev–Trinajstić information content (AvgIpc) is 3.54. The highest BCUT2D eigenvalue weighted by atomic mass is 32.2. The summed E-state index contributed by atoms with van der Waals surface area (Å²) in [5, 5.41) is 20.9. The minimum Gasteiger partial charge on any atom is -0.459 e. The third kappa shape index (κ3) is 29.3. The van der Waals surface area contributed by atoms with Crippen LogP contribution in [0.5, 0.6) is 0 Å². The molecule has 1 saturated heterocycles. The Morgan fingerprint density at radius 2 is 1.17 bits per heavy atom. The van der Waals surface area contributed by atoms with Gasteiger partial charge in [-0.05, 0) is 24.7 Å². The third-order valence-electron chi connectivity index (χ3n) is 11.7. The first kappa shape index (κ1) is 59.8. The van der Waals surface area contributed by atoms with Gasteiger partial charge >= 0.3 is 27.3 Å². The number of nitrogens with zero attached hydrogens (tertiary/aromatic N) is 2. The van der Waals surface area contributed by atoms with Gasteiger partial charge in [-0.25, -0.2) is 13.9 Å². The van der Waals surface area contributed by atoms with Gasteiger partial charge in [0, 0.05) is 18.4 Å². The highest BCUT2D eigenvalue weighted by Crippen LogP contribution is 2.60. The molecule has 1 aromatic rings. The number of carbonyl (C=O) groups excluding carboxylic acids is 1. The molecule has 0 aliphatic carbocycles. The van der Waals surface area contributed by atoms with Crippen molar-refractivity contribution in [2.24, 2.45) is 0 Å². The summed E-state index contributed by atoms with van der Waals surface area (Å²) in [4.78, 5) is 49.3. The van der Waals surface area contributed by atoms with Crippen LogP contribution in [0.3, 0.4) is 0 Å². The topological polar surface area (TPSA) is 239 Å². The molecule has 1 aromatic heterocycles. The number of phosphoric acid groups is 2. The summed E-state index contributed by atoms with van der Waals surface area (Å²) >= 11 is 1.54. The lowest BCUT2D eigenvalue weighted by Gasteiger charge is -2.21. The number of hydrogen-bond donors (Lipinski definition) is 5. The lowest BCUT2D eigenvalue weighted by Crippen LogP contribution is -2.36. The molecular weight excluding hydrogens is 897 g/mol. The normalized spacial score (nSPS) is 19.8. The highest BCUT2D eigenvalue weighted by Gasteiger charge is 2.46. The number of anilines is 1. The van der Waals surface area contributed by atoms with Gasteiger partial charge in [-0.2, -0.15) is 21.1 Å². The van der Waals surface area contributed by atoms with Gasteiger partial charge in [0.15, 0.2) is 6.23 Å². The van der Waals surface area contributed by atoms with Gasteiger partial charge in [0.05, 0.1) is 13.2 Å². The Hall–Kier alpha value is -1.36. The van der Waals surface area contributed by atoms with Crippen molar-refractivity contribution in [1.29, 1.82) is 0 Å². The molecule has 6 N–H and O–H groups in total. The first-order valence-corrected chi connectivity index (χ1v) is 29.2. The summed E-state index contributed by atoms with van der Waals surface area (Å²) in [5.74, 6) is 0.546. The van der Waals surface area contributed by atoms with Crippen LogP contribution in [0.4, 0.5) is 5.82 Å². The van der Waals surface area contributed by atoms with E-state index in [4.69, 9.17) is 24.3 Å². The van der Waals surface area contributed by atoms with Crippen LogP contribution in [0.1, 0.15) is 213 Å². The predicted molar refractivity (Wildman–Crippen MR) is 259 cm³/mol. The Balaban J connectivity index is 1.76. The van der Waals surface area contributed by atoms with Crippen molar-refractivity contribution < 1.29 is 56.8 Å². The van der Waals surface area contributed by atoms with E-state index in [9.17, 15) is 38.7 Å². The van der Waals surface area contributed by atoms with Crippen molar-refractivity contribution in [3.63, 3.8) is 0 Å². The van der Waals surface area contributed by atoms with E-state index >= 15 is 0 Å². The van der Waals surface area contributed by atoms with Crippen molar-refractivity contribution >= 4 is 39.2 Å². The molecule has 0 spiro atoms. The quantitative estimate of drug-likeness (QED) is 0.0232. The van der Waals surface area contributed by atoms with Crippen LogP contribution in [-0.2, 0) is 36.8 Å². The Labute approximate surface area is 394 Å². The number of aromatic nitrogens is 2. The Morgan fingerprint density at radius 3 is 1.65 bits per heavy atom. The van der Waals surface area contributed by atoms with Gasteiger partial charge in [-0.1, -0.05) is 187 Å². The molecule has 3 unspecified atom stereocenters. The van der Waals surface area contributed by atoms with Crippen LogP contribution in [0.2, 0.25) is 0 Å². The van der Waals surface area contributed by atoms with E-state index in [2.05, 4.69) is 23.1 Å². The zero-order valence-electron chi connectivity index (χ0n) is 39.8. The maximum Gasteiger partial charge on any atom is 0.481 e. The summed E-state index contributed by atoms with van der Waals surface area (Å²) in [6, 6.07) is 1.27. The number of nitrogen functional groups attached to an aromatic ring is 1. The van der Waals surface area contributed by atoms with E-state index in [-0.39, 0.29) is 18.0 Å². The number of aliphatic hydroxyl groups excluding tert-OH is 2. The molecule has 16 nitrogen and oxygen atoms in total. The van der Waals surface area contributed by atoms with Gasteiger partial charge in [-0.15, -0.1) is 0 Å². The molecule has 19 heteroatoms. The number of aliphatic hydroxyl groups is 2. The van der Waals surface area contributed by atoms with Crippen LogP contribution >= 0.6 is 27.4 Å². The molecule has 0 saturated carbocycles. The summed E-state index contributed by atoms with van der Waals surface area (Å²) < 4.78 is 52.0. The molecule has 1 aliphatic heterocycles. The molecule has 65 heavy (non-hydrogen) atoms. The van der Waals surface area contributed by atoms with Crippen LogP contribution in [0, 0.1) is 0 Å². The van der Waals surface area contributed by atoms with E-state index in [0.717, 1.165) is 48.8 Å². The standard InChI is InChI=1S/C46H87N3O13P2S/c1-3-5-7-9-11-13-15-17-18-19-21-23-25-27-29-31-35-65-38-39(60-42(50)32-30-28-26-24-22-20-16-14-12-10-8-6-4-2)36-58-63(54,55)62-64(56,57)59-37-40-43(51)44(52)45(61-40)49-34-33-41(47)48-46(49)53/h33-34,39-40,43-45,51-52H,3-32,35-38H2,1-2H3,(H,54,55)(H,56,57)(H2,47,48,53)/t39?,40-,43-,44-,45-/m1/s1. The molecular formula is C46H87N3O13P2S. The number of hydrogen-bond acceptors (Lipinski definition) is 14. The van der Waals surface area contributed by atoms with Crippen LogP contribution in [0.15, 0.2) is 17.1 Å². The fourth-order valence-electron chi connectivity index (χ4n) is 7.85. The van der Waals surface area contributed by atoms with E-state index in [1.54, 1.807) is 0 Å². The number of nitrogens with two attached hydrogens (primary N) is 1. The molecule has 0 aromatic carbocycles. The van der Waals surface area contributed by atoms with E-state index in [1.807, 2.05) is 0 Å². The van der Waals surface area contributed by atoms with Crippen molar-refractivity contribution in [2.45, 2.75) is 237 Å². The largest absolute Gasteiger partial charge is 0.481 e. The summed E-state index contributed by atoms with van der Waals surface area (Å²) in [6.07, 6.45) is 29.9. The molecule has 380 valence electrons. The zero-order valence-corrected chi connectivity index (χ0v) is 42.4. The number of carbonyl (C=O) groups is 1. The molecule has 0 bridgehead atoms. The second kappa shape index (κ2) is 36.6. The maximum absolute atomic E-state index is 12.9. The summed E-state index contributed by atoms with van der Waals surface area (Å²) in [7, 11) is -10.6. The number of thioether (sulfide) groups is 1.